The van der Waals surface area contributed by atoms with Crippen LogP contribution in [0.3, 0.4) is 0 Å². The molecule has 2 aromatic carbocycles. The van der Waals surface area contributed by atoms with Crippen LogP contribution < -0.4 is 15.4 Å². The predicted octanol–water partition coefficient (Wildman–Crippen LogP) is 5.33. The summed E-state index contributed by atoms with van der Waals surface area (Å²) in [5.41, 5.74) is 1.13. The van der Waals surface area contributed by atoms with E-state index in [4.69, 9.17) is 11.6 Å². The number of aromatic nitrogens is 2. The number of ether oxygens (including phenoxy) is 1. The highest BCUT2D eigenvalue weighted by molar-refractivity contribution is 6.30. The number of halogens is 5. The van der Waals surface area contributed by atoms with Gasteiger partial charge in [-0.15, -0.1) is 13.2 Å². The van der Waals surface area contributed by atoms with E-state index in [0.29, 0.717) is 22.1 Å². The van der Waals surface area contributed by atoms with Crippen molar-refractivity contribution in [2.75, 3.05) is 10.6 Å². The van der Waals surface area contributed by atoms with Crippen LogP contribution in [0.5, 0.6) is 5.75 Å². The molecule has 3 aromatic rings. The first-order valence-corrected chi connectivity index (χ1v) is 8.42. The molecule has 0 aliphatic carbocycles. The molecule has 0 saturated carbocycles. The van der Waals surface area contributed by atoms with Crippen LogP contribution in [0.1, 0.15) is 11.1 Å². The highest BCUT2D eigenvalue weighted by atomic mass is 35.5. The van der Waals surface area contributed by atoms with E-state index in [0.717, 1.165) is 12.1 Å². The number of nitriles is 1. The van der Waals surface area contributed by atoms with Gasteiger partial charge in [0.05, 0.1) is 0 Å². The summed E-state index contributed by atoms with van der Waals surface area (Å²) in [6.07, 6.45) is -4.98. The maximum absolute atomic E-state index is 13.8. The molecule has 1 aromatic heterocycles. The van der Waals surface area contributed by atoms with Crippen molar-refractivity contribution in [1.29, 1.82) is 5.26 Å². The highest BCUT2D eigenvalue weighted by Gasteiger charge is 2.32. The standard InChI is InChI=1S/C18H12ClF4N5O/c19-11-2-1-3-12(7-11)26-17-13(8-24)16(27-28-17)25-9-10-4-5-15(14(20)6-10)29-18(21,22)23/h1-7H,9H2,(H3,25,26,27,28). The molecule has 3 rings (SSSR count). The highest BCUT2D eigenvalue weighted by Crippen LogP contribution is 2.28. The molecule has 0 amide bonds. The van der Waals surface area contributed by atoms with Gasteiger partial charge in [-0.3, -0.25) is 5.10 Å². The first-order valence-electron chi connectivity index (χ1n) is 8.04. The number of hydrogen-bond donors (Lipinski definition) is 3. The Kier molecular flexibility index (Phi) is 5.79. The third-order valence-corrected chi connectivity index (χ3v) is 3.89. The third kappa shape index (κ3) is 5.30. The van der Waals surface area contributed by atoms with Crippen molar-refractivity contribution in [3.8, 4) is 11.8 Å². The lowest BCUT2D eigenvalue weighted by Crippen LogP contribution is -2.18. The van der Waals surface area contributed by atoms with Crippen LogP contribution in [0.25, 0.3) is 0 Å². The van der Waals surface area contributed by atoms with E-state index in [-0.39, 0.29) is 17.9 Å². The first-order chi connectivity index (χ1) is 13.7. The normalized spacial score (nSPS) is 11.0. The van der Waals surface area contributed by atoms with Crippen LogP contribution in [0.4, 0.5) is 34.9 Å². The maximum Gasteiger partial charge on any atom is 0.573 e. The molecule has 0 aliphatic heterocycles. The summed E-state index contributed by atoms with van der Waals surface area (Å²) < 4.78 is 54.0. The Morgan fingerprint density at radius 3 is 2.66 bits per heavy atom. The van der Waals surface area contributed by atoms with Crippen molar-refractivity contribution in [2.45, 2.75) is 12.9 Å². The molecule has 11 heteroatoms. The Labute approximate surface area is 167 Å². The van der Waals surface area contributed by atoms with Gasteiger partial charge in [-0.05, 0) is 35.9 Å². The second kappa shape index (κ2) is 8.28. The van der Waals surface area contributed by atoms with Crippen molar-refractivity contribution < 1.29 is 22.3 Å². The second-order valence-corrected chi connectivity index (χ2v) is 6.17. The molecule has 0 unspecified atom stereocenters. The third-order valence-electron chi connectivity index (χ3n) is 3.65. The van der Waals surface area contributed by atoms with E-state index >= 15 is 0 Å². The van der Waals surface area contributed by atoms with Gasteiger partial charge in [0.25, 0.3) is 0 Å². The Morgan fingerprint density at radius 1 is 1.21 bits per heavy atom. The SMILES string of the molecule is N#Cc1c(NCc2ccc(OC(F)(F)F)c(F)c2)n[nH]c1Nc1cccc(Cl)c1. The van der Waals surface area contributed by atoms with Crippen molar-refractivity contribution in [1.82, 2.24) is 10.2 Å². The number of nitrogens with one attached hydrogen (secondary N) is 3. The molecule has 0 saturated heterocycles. The number of nitrogens with zero attached hydrogens (tertiary/aromatic N) is 2. The number of anilines is 3. The van der Waals surface area contributed by atoms with Gasteiger partial charge in [0.15, 0.2) is 17.4 Å². The van der Waals surface area contributed by atoms with Gasteiger partial charge in [0.1, 0.15) is 17.5 Å². The maximum atomic E-state index is 13.8. The number of alkyl halides is 3. The second-order valence-electron chi connectivity index (χ2n) is 5.74. The van der Waals surface area contributed by atoms with Gasteiger partial charge in [0.2, 0.25) is 0 Å². The summed E-state index contributed by atoms with van der Waals surface area (Å²) >= 11 is 5.92. The van der Waals surface area contributed by atoms with E-state index in [2.05, 4.69) is 25.6 Å². The molecular weight excluding hydrogens is 414 g/mol. The number of rotatable bonds is 6. The topological polar surface area (TPSA) is 85.8 Å². The summed E-state index contributed by atoms with van der Waals surface area (Å²) in [4.78, 5) is 0. The molecule has 29 heavy (non-hydrogen) atoms. The van der Waals surface area contributed by atoms with Gasteiger partial charge in [-0.1, -0.05) is 23.7 Å². The fourth-order valence-corrected chi connectivity index (χ4v) is 2.62. The Balaban J connectivity index is 1.70. The molecule has 0 radical (unpaired) electrons. The molecule has 0 spiro atoms. The van der Waals surface area contributed by atoms with Crippen LogP contribution >= 0.6 is 11.6 Å². The van der Waals surface area contributed by atoms with Gasteiger partial charge in [-0.25, -0.2) is 4.39 Å². The fourth-order valence-electron chi connectivity index (χ4n) is 2.43. The summed E-state index contributed by atoms with van der Waals surface area (Å²) in [6, 6.07) is 11.9. The zero-order valence-corrected chi connectivity index (χ0v) is 15.2. The van der Waals surface area contributed by atoms with Crippen molar-refractivity contribution in [3.05, 3.63) is 64.4 Å². The Hall–Kier alpha value is -3.45. The quantitative estimate of drug-likeness (QED) is 0.465. The molecule has 0 atom stereocenters. The van der Waals surface area contributed by atoms with Crippen LogP contribution in [0, 0.1) is 17.1 Å². The summed E-state index contributed by atoms with van der Waals surface area (Å²) in [5.74, 6) is -1.58. The Bertz CT molecular complexity index is 1060. The average molecular weight is 426 g/mol. The molecular formula is C18H12ClF4N5O. The fraction of sp³-hybridized carbons (Fsp3) is 0.111. The van der Waals surface area contributed by atoms with Gasteiger partial charge in [-0.2, -0.15) is 10.4 Å². The van der Waals surface area contributed by atoms with Gasteiger partial charge in [0, 0.05) is 17.3 Å². The van der Waals surface area contributed by atoms with Crippen LogP contribution in [-0.2, 0) is 6.54 Å². The minimum absolute atomic E-state index is 0.0133. The average Bonchev–Trinajstić information content (AvgIpc) is 3.02. The zero-order chi connectivity index (χ0) is 21.0. The van der Waals surface area contributed by atoms with Gasteiger partial charge < -0.3 is 15.4 Å². The smallest absolute Gasteiger partial charge is 0.403 e. The summed E-state index contributed by atoms with van der Waals surface area (Å²) in [7, 11) is 0. The van der Waals surface area contributed by atoms with Crippen LogP contribution in [0.15, 0.2) is 42.5 Å². The molecule has 150 valence electrons. The van der Waals surface area contributed by atoms with Crippen LogP contribution in [-0.4, -0.2) is 16.6 Å². The molecule has 3 N–H and O–H groups in total. The van der Waals surface area contributed by atoms with Crippen LogP contribution in [0.2, 0.25) is 5.02 Å². The molecule has 1 heterocycles. The monoisotopic (exact) mass is 425 g/mol. The number of H-pyrrole nitrogens is 1. The number of benzene rings is 2. The van der Waals surface area contributed by atoms with E-state index in [1.807, 2.05) is 6.07 Å². The minimum atomic E-state index is -4.98. The minimum Gasteiger partial charge on any atom is -0.403 e. The number of hydrogen-bond acceptors (Lipinski definition) is 5. The summed E-state index contributed by atoms with van der Waals surface area (Å²) in [5, 5.41) is 22.4. The predicted molar refractivity (Wildman–Crippen MR) is 98.4 cm³/mol. The lowest BCUT2D eigenvalue weighted by atomic mass is 10.2. The summed E-state index contributed by atoms with van der Waals surface area (Å²) in [6.45, 7) is 0.0133. The van der Waals surface area contributed by atoms with E-state index in [1.165, 1.54) is 6.07 Å². The lowest BCUT2D eigenvalue weighted by molar-refractivity contribution is -0.275. The first kappa shape index (κ1) is 20.3. The van der Waals surface area contributed by atoms with E-state index in [1.54, 1.807) is 24.3 Å². The van der Waals surface area contributed by atoms with E-state index in [9.17, 15) is 22.8 Å². The molecule has 6 nitrogen and oxygen atoms in total. The molecule has 0 aliphatic rings. The molecule has 0 fully saturated rings. The number of aromatic amines is 1. The van der Waals surface area contributed by atoms with E-state index < -0.39 is 17.9 Å². The van der Waals surface area contributed by atoms with Crippen molar-refractivity contribution in [3.63, 3.8) is 0 Å². The largest absolute Gasteiger partial charge is 0.573 e. The van der Waals surface area contributed by atoms with Gasteiger partial charge >= 0.3 is 6.36 Å². The molecule has 0 bridgehead atoms. The zero-order valence-electron chi connectivity index (χ0n) is 14.4. The van der Waals surface area contributed by atoms with Crippen molar-refractivity contribution in [2.24, 2.45) is 0 Å². The van der Waals surface area contributed by atoms with Crippen molar-refractivity contribution >= 4 is 28.9 Å². The Morgan fingerprint density at radius 2 is 2.00 bits per heavy atom. The lowest BCUT2D eigenvalue weighted by Gasteiger charge is -2.11.